The summed E-state index contributed by atoms with van der Waals surface area (Å²) in [6.07, 6.45) is -1.23. The fraction of sp³-hybridized carbons (Fsp3) is 0.391. The van der Waals surface area contributed by atoms with Crippen LogP contribution >= 0.6 is 0 Å². The van der Waals surface area contributed by atoms with Gasteiger partial charge in [0.05, 0.1) is 23.3 Å². The van der Waals surface area contributed by atoms with Crippen LogP contribution in [0.4, 0.5) is 24.8 Å². The summed E-state index contributed by atoms with van der Waals surface area (Å²) in [5.74, 6) is 0.822. The molecule has 0 saturated carbocycles. The lowest BCUT2D eigenvalue weighted by molar-refractivity contribution is -0.129. The van der Waals surface area contributed by atoms with Crippen LogP contribution in [0.15, 0.2) is 30.5 Å². The van der Waals surface area contributed by atoms with Crippen LogP contribution in [0.5, 0.6) is 0 Å². The van der Waals surface area contributed by atoms with E-state index in [2.05, 4.69) is 25.2 Å². The fourth-order valence-corrected chi connectivity index (χ4v) is 4.02. The molecule has 0 unspecified atom stereocenters. The molecule has 1 atom stereocenters. The third-order valence-electron chi connectivity index (χ3n) is 5.84. The number of hydrogen-bond acceptors (Lipinski definition) is 6. The smallest absolute Gasteiger partial charge is 0.266 e. The lowest BCUT2D eigenvalue weighted by atomic mass is 10.0. The van der Waals surface area contributed by atoms with E-state index in [4.69, 9.17) is 0 Å². The molecule has 1 amide bonds. The molecule has 0 aliphatic carbocycles. The van der Waals surface area contributed by atoms with Crippen LogP contribution in [0.25, 0.3) is 10.9 Å². The number of fused-ring (bicyclic) bond motifs is 1. The van der Waals surface area contributed by atoms with Gasteiger partial charge in [0.15, 0.2) is 0 Å². The average Bonchev–Trinajstić information content (AvgIpc) is 2.78. The first-order chi connectivity index (χ1) is 15.7. The van der Waals surface area contributed by atoms with Crippen molar-refractivity contribution in [2.75, 3.05) is 36.4 Å². The van der Waals surface area contributed by atoms with Crippen LogP contribution in [-0.4, -0.2) is 51.9 Å². The van der Waals surface area contributed by atoms with Gasteiger partial charge in [-0.15, -0.1) is 0 Å². The second kappa shape index (κ2) is 9.21. The lowest BCUT2D eigenvalue weighted by Crippen LogP contribution is -2.48. The standard InChI is InChI=1S/C23H25F3N6O/c1-13(16-5-4-6-17(21(16)24)22(25)26)28-23-18-11-20(27-12-19(18)29-14(2)30-23)32-9-7-31(8-10-32)15(3)33/h4-6,11-13,22H,7-10H2,1-3H3,(H,28,29,30)/t13-/m1/s1. The van der Waals surface area contributed by atoms with Gasteiger partial charge in [0.1, 0.15) is 23.3 Å². The fourth-order valence-electron chi connectivity index (χ4n) is 4.02. The molecule has 3 heterocycles. The third kappa shape index (κ3) is 4.69. The van der Waals surface area contributed by atoms with E-state index in [0.717, 1.165) is 11.9 Å². The molecular weight excluding hydrogens is 433 g/mol. The summed E-state index contributed by atoms with van der Waals surface area (Å²) < 4.78 is 40.9. The molecule has 1 fully saturated rings. The van der Waals surface area contributed by atoms with Crippen LogP contribution in [0.1, 0.15) is 43.3 Å². The van der Waals surface area contributed by atoms with Gasteiger partial charge >= 0.3 is 0 Å². The lowest BCUT2D eigenvalue weighted by Gasteiger charge is -2.35. The van der Waals surface area contributed by atoms with E-state index in [9.17, 15) is 18.0 Å². The summed E-state index contributed by atoms with van der Waals surface area (Å²) in [6.45, 7) is 7.51. The number of carbonyl (C=O) groups is 1. The van der Waals surface area contributed by atoms with Gasteiger partial charge in [-0.3, -0.25) is 4.79 Å². The highest BCUT2D eigenvalue weighted by Gasteiger charge is 2.22. The molecular formula is C23H25F3N6O. The van der Waals surface area contributed by atoms with Gasteiger partial charge in [0, 0.05) is 44.1 Å². The first-order valence-corrected chi connectivity index (χ1v) is 10.7. The quantitative estimate of drug-likeness (QED) is 0.616. The second-order valence-corrected chi connectivity index (χ2v) is 8.09. The number of nitrogens with zero attached hydrogens (tertiary/aromatic N) is 5. The van der Waals surface area contributed by atoms with E-state index in [0.29, 0.717) is 48.7 Å². The number of benzene rings is 1. The molecule has 0 radical (unpaired) electrons. The molecule has 1 aliphatic rings. The molecule has 1 aromatic carbocycles. The highest BCUT2D eigenvalue weighted by atomic mass is 19.3. The molecule has 174 valence electrons. The van der Waals surface area contributed by atoms with E-state index < -0.39 is 23.8 Å². The maximum Gasteiger partial charge on any atom is 0.266 e. The number of aryl methyl sites for hydroxylation is 1. The Morgan fingerprint density at radius 2 is 1.82 bits per heavy atom. The number of amides is 1. The summed E-state index contributed by atoms with van der Waals surface area (Å²) in [4.78, 5) is 28.9. The van der Waals surface area contributed by atoms with E-state index in [-0.39, 0.29) is 11.5 Å². The minimum atomic E-state index is -2.89. The monoisotopic (exact) mass is 458 g/mol. The Morgan fingerprint density at radius 1 is 1.12 bits per heavy atom. The van der Waals surface area contributed by atoms with Gasteiger partial charge in [0.2, 0.25) is 5.91 Å². The third-order valence-corrected chi connectivity index (χ3v) is 5.84. The number of aromatic nitrogens is 3. The Hall–Kier alpha value is -3.43. The molecule has 1 N–H and O–H groups in total. The number of halogens is 3. The molecule has 3 aromatic rings. The Balaban J connectivity index is 1.64. The zero-order valence-electron chi connectivity index (χ0n) is 18.6. The highest BCUT2D eigenvalue weighted by Crippen LogP contribution is 2.31. The van der Waals surface area contributed by atoms with Crippen LogP contribution in [0, 0.1) is 12.7 Å². The number of rotatable bonds is 5. The number of piperazine rings is 1. The predicted octanol–water partition coefficient (Wildman–Crippen LogP) is 4.25. The van der Waals surface area contributed by atoms with Crippen LogP contribution < -0.4 is 10.2 Å². The maximum atomic E-state index is 14.7. The number of anilines is 2. The van der Waals surface area contributed by atoms with Crippen molar-refractivity contribution in [2.45, 2.75) is 33.2 Å². The largest absolute Gasteiger partial charge is 0.363 e. The minimum absolute atomic E-state index is 0.0496. The topological polar surface area (TPSA) is 74.2 Å². The predicted molar refractivity (Wildman–Crippen MR) is 120 cm³/mol. The molecule has 1 saturated heterocycles. The Bertz CT molecular complexity index is 1180. The van der Waals surface area contributed by atoms with E-state index in [1.54, 1.807) is 31.9 Å². The summed E-state index contributed by atoms with van der Waals surface area (Å²) in [5.41, 5.74) is 0.123. The van der Waals surface area contributed by atoms with Crippen molar-refractivity contribution < 1.29 is 18.0 Å². The molecule has 7 nitrogen and oxygen atoms in total. The van der Waals surface area contributed by atoms with Gasteiger partial charge in [-0.25, -0.2) is 28.1 Å². The van der Waals surface area contributed by atoms with Crippen LogP contribution in [-0.2, 0) is 4.79 Å². The Kier molecular flexibility index (Phi) is 6.35. The van der Waals surface area contributed by atoms with E-state index in [1.807, 2.05) is 6.07 Å². The van der Waals surface area contributed by atoms with Gasteiger partial charge in [-0.05, 0) is 19.9 Å². The van der Waals surface area contributed by atoms with Gasteiger partial charge in [0.25, 0.3) is 6.43 Å². The summed E-state index contributed by atoms with van der Waals surface area (Å²) >= 11 is 0. The molecule has 4 rings (SSSR count). The van der Waals surface area contributed by atoms with Gasteiger partial charge < -0.3 is 15.1 Å². The van der Waals surface area contributed by atoms with Crippen molar-refractivity contribution in [3.05, 3.63) is 53.2 Å². The molecule has 1 aliphatic heterocycles. The van der Waals surface area contributed by atoms with Crippen molar-refractivity contribution in [2.24, 2.45) is 0 Å². The van der Waals surface area contributed by atoms with Crippen molar-refractivity contribution in [1.29, 1.82) is 0 Å². The SMILES string of the molecule is CC(=O)N1CCN(c2cc3c(N[C@H](C)c4cccc(C(F)F)c4F)nc(C)nc3cn2)CC1. The van der Waals surface area contributed by atoms with Crippen LogP contribution in [0.2, 0.25) is 0 Å². The number of alkyl halides is 2. The summed E-state index contributed by atoms with van der Waals surface area (Å²) in [7, 11) is 0. The number of hydrogen-bond donors (Lipinski definition) is 1. The number of pyridine rings is 1. The minimum Gasteiger partial charge on any atom is -0.363 e. The van der Waals surface area contributed by atoms with Gasteiger partial charge in [-0.1, -0.05) is 18.2 Å². The highest BCUT2D eigenvalue weighted by molar-refractivity contribution is 5.90. The zero-order valence-corrected chi connectivity index (χ0v) is 18.6. The first-order valence-electron chi connectivity index (χ1n) is 10.7. The van der Waals surface area contributed by atoms with E-state index in [1.165, 1.54) is 12.1 Å². The average molecular weight is 458 g/mol. The summed E-state index contributed by atoms with van der Waals surface area (Å²) in [6, 6.07) is 5.24. The molecule has 33 heavy (non-hydrogen) atoms. The van der Waals surface area contributed by atoms with Crippen molar-refractivity contribution in [3.63, 3.8) is 0 Å². The molecule has 0 bridgehead atoms. The Morgan fingerprint density at radius 3 is 2.48 bits per heavy atom. The molecule has 0 spiro atoms. The number of carbonyl (C=O) groups excluding carboxylic acids is 1. The van der Waals surface area contributed by atoms with Crippen molar-refractivity contribution in [1.82, 2.24) is 19.9 Å². The molecule has 2 aromatic heterocycles. The van der Waals surface area contributed by atoms with E-state index >= 15 is 0 Å². The van der Waals surface area contributed by atoms with Gasteiger partial charge in [-0.2, -0.15) is 0 Å². The van der Waals surface area contributed by atoms with Crippen molar-refractivity contribution in [3.8, 4) is 0 Å². The number of nitrogens with one attached hydrogen (secondary N) is 1. The maximum absolute atomic E-state index is 14.7. The van der Waals surface area contributed by atoms with Crippen LogP contribution in [0.3, 0.4) is 0 Å². The first kappa shape index (κ1) is 22.8. The van der Waals surface area contributed by atoms with Crippen molar-refractivity contribution >= 4 is 28.4 Å². The molecule has 10 heteroatoms. The summed E-state index contributed by atoms with van der Waals surface area (Å²) in [5, 5.41) is 3.86. The normalized spacial score (nSPS) is 15.2. The Labute approximate surface area is 189 Å². The second-order valence-electron chi connectivity index (χ2n) is 8.09. The zero-order chi connectivity index (χ0) is 23.7.